The van der Waals surface area contributed by atoms with Gasteiger partial charge in [-0.1, -0.05) is 19.1 Å². The Balaban J connectivity index is 1.89. The number of urea groups is 1. The number of ketones is 1. The van der Waals surface area contributed by atoms with E-state index in [1.165, 1.54) is 35.6 Å². The Morgan fingerprint density at radius 3 is 2.42 bits per heavy atom. The van der Waals surface area contributed by atoms with Gasteiger partial charge in [0.2, 0.25) is 0 Å². The van der Waals surface area contributed by atoms with E-state index >= 15 is 0 Å². The van der Waals surface area contributed by atoms with Gasteiger partial charge in [0, 0.05) is 15.3 Å². The predicted octanol–water partition coefficient (Wildman–Crippen LogP) is 3.54. The van der Waals surface area contributed by atoms with E-state index in [0.717, 1.165) is 14.7 Å². The first-order valence-electron chi connectivity index (χ1n) is 8.29. The van der Waals surface area contributed by atoms with E-state index in [0.29, 0.717) is 17.5 Å². The van der Waals surface area contributed by atoms with Gasteiger partial charge in [-0.05, 0) is 44.0 Å². The highest BCUT2D eigenvalue weighted by molar-refractivity contribution is 7.12. The van der Waals surface area contributed by atoms with Crippen molar-refractivity contribution in [2.24, 2.45) is 0 Å². The lowest BCUT2D eigenvalue weighted by Gasteiger charge is -2.25. The molecule has 3 rings (SSSR count). The number of halogens is 1. The minimum absolute atomic E-state index is 0.277. The highest BCUT2D eigenvalue weighted by atomic mass is 32.1. The second-order valence-corrected chi connectivity index (χ2v) is 7.80. The van der Waals surface area contributed by atoms with Gasteiger partial charge in [-0.3, -0.25) is 14.5 Å². The number of carbonyl (C=O) groups excluding carboxylic acids is 3. The van der Waals surface area contributed by atoms with Crippen LogP contribution in [0.15, 0.2) is 30.3 Å². The third kappa shape index (κ3) is 2.92. The maximum absolute atomic E-state index is 13.2. The number of imide groups is 1. The highest BCUT2D eigenvalue weighted by Crippen LogP contribution is 2.33. The van der Waals surface area contributed by atoms with Gasteiger partial charge in [-0.2, -0.15) is 0 Å². The fourth-order valence-corrected chi connectivity index (χ4v) is 4.22. The van der Waals surface area contributed by atoms with Crippen molar-refractivity contribution >= 4 is 29.1 Å². The monoisotopic (exact) mass is 374 g/mol. The average molecular weight is 374 g/mol. The molecule has 1 aromatic heterocycles. The summed E-state index contributed by atoms with van der Waals surface area (Å²) < 4.78 is 13.2. The summed E-state index contributed by atoms with van der Waals surface area (Å²) in [5, 5.41) is 2.69. The smallest absolute Gasteiger partial charge is 0.319 e. The molecule has 1 fully saturated rings. The number of Topliss-reactive ketones (excluding diaryl/α,β-unsaturated/α-hetero) is 1. The van der Waals surface area contributed by atoms with Crippen LogP contribution in [0.25, 0.3) is 0 Å². The Hall–Kier alpha value is -2.54. The van der Waals surface area contributed by atoms with Crippen LogP contribution < -0.4 is 5.32 Å². The molecule has 2 aromatic rings. The van der Waals surface area contributed by atoms with Gasteiger partial charge >= 0.3 is 6.03 Å². The van der Waals surface area contributed by atoms with Gasteiger partial charge in [-0.25, -0.2) is 9.18 Å². The van der Waals surface area contributed by atoms with Gasteiger partial charge in [0.25, 0.3) is 5.91 Å². The molecule has 0 radical (unpaired) electrons. The largest absolute Gasteiger partial charge is 0.325 e. The number of aryl methyl sites for hydroxylation is 2. The van der Waals surface area contributed by atoms with Crippen LogP contribution in [0.3, 0.4) is 0 Å². The zero-order chi connectivity index (χ0) is 19.1. The molecule has 1 atom stereocenters. The zero-order valence-electron chi connectivity index (χ0n) is 14.8. The number of hydrogen-bond acceptors (Lipinski definition) is 4. The van der Waals surface area contributed by atoms with Crippen molar-refractivity contribution in [1.29, 1.82) is 0 Å². The maximum atomic E-state index is 13.2. The number of rotatable bonds is 5. The lowest BCUT2D eigenvalue weighted by atomic mass is 9.87. The van der Waals surface area contributed by atoms with Crippen LogP contribution in [-0.2, 0) is 10.3 Å². The molecule has 0 saturated carbocycles. The summed E-state index contributed by atoms with van der Waals surface area (Å²) in [6, 6.07) is 6.62. The normalized spacial score (nSPS) is 19.8. The number of nitrogens with one attached hydrogen (secondary N) is 1. The molecule has 1 aliphatic rings. The Bertz CT molecular complexity index is 891. The number of amides is 3. The first-order valence-corrected chi connectivity index (χ1v) is 9.10. The second kappa shape index (κ2) is 6.64. The molecule has 136 valence electrons. The zero-order valence-corrected chi connectivity index (χ0v) is 15.6. The summed E-state index contributed by atoms with van der Waals surface area (Å²) in [6.45, 7) is 5.19. The SMILES string of the molecule is CC[C@@]1(c2ccc(F)cc2)NC(=O)N(CC(=O)c2cc(C)sc2C)C1=O. The molecule has 0 unspecified atom stereocenters. The van der Waals surface area contributed by atoms with Crippen molar-refractivity contribution in [3.05, 3.63) is 57.0 Å². The lowest BCUT2D eigenvalue weighted by Crippen LogP contribution is -2.43. The fourth-order valence-electron chi connectivity index (χ4n) is 3.28. The molecular weight excluding hydrogens is 355 g/mol. The minimum atomic E-state index is -1.27. The molecule has 2 heterocycles. The molecule has 3 amide bonds. The molecule has 1 N–H and O–H groups in total. The summed E-state index contributed by atoms with van der Waals surface area (Å²) in [7, 11) is 0. The Labute approximate surface area is 154 Å². The van der Waals surface area contributed by atoms with E-state index in [4.69, 9.17) is 0 Å². The first-order chi connectivity index (χ1) is 12.3. The number of carbonyl (C=O) groups is 3. The molecule has 0 aliphatic carbocycles. The van der Waals surface area contributed by atoms with Crippen LogP contribution in [0.2, 0.25) is 0 Å². The van der Waals surface area contributed by atoms with Crippen LogP contribution in [0, 0.1) is 19.7 Å². The van der Waals surface area contributed by atoms with Gasteiger partial charge in [0.1, 0.15) is 11.4 Å². The van der Waals surface area contributed by atoms with Crippen LogP contribution in [0.4, 0.5) is 9.18 Å². The molecule has 5 nitrogen and oxygen atoms in total. The molecule has 1 saturated heterocycles. The average Bonchev–Trinajstić information content (AvgIpc) is 3.06. The van der Waals surface area contributed by atoms with Gasteiger partial charge < -0.3 is 5.32 Å². The highest BCUT2D eigenvalue weighted by Gasteiger charge is 2.51. The summed E-state index contributed by atoms with van der Waals surface area (Å²) >= 11 is 1.50. The first kappa shape index (κ1) is 18.3. The summed E-state index contributed by atoms with van der Waals surface area (Å²) in [5.41, 5.74) is -0.244. The summed E-state index contributed by atoms with van der Waals surface area (Å²) in [6.07, 6.45) is 0.296. The van der Waals surface area contributed by atoms with Crippen LogP contribution >= 0.6 is 11.3 Å². The van der Waals surface area contributed by atoms with E-state index in [2.05, 4.69) is 5.32 Å². The number of thiophene rings is 1. The summed E-state index contributed by atoms with van der Waals surface area (Å²) in [4.78, 5) is 40.8. The predicted molar refractivity (Wildman–Crippen MR) is 96.7 cm³/mol. The Morgan fingerprint density at radius 2 is 1.88 bits per heavy atom. The minimum Gasteiger partial charge on any atom is -0.319 e. The lowest BCUT2D eigenvalue weighted by molar-refractivity contribution is -0.131. The van der Waals surface area contributed by atoms with Crippen LogP contribution in [-0.4, -0.2) is 29.2 Å². The second-order valence-electron chi connectivity index (χ2n) is 6.34. The molecule has 0 spiro atoms. The molecule has 7 heteroatoms. The molecule has 1 aromatic carbocycles. The van der Waals surface area contributed by atoms with E-state index in [1.807, 2.05) is 13.8 Å². The topological polar surface area (TPSA) is 66.5 Å². The fraction of sp³-hybridized carbons (Fsp3) is 0.316. The molecule has 1 aliphatic heterocycles. The van der Waals surface area contributed by atoms with E-state index in [9.17, 15) is 18.8 Å². The third-order valence-electron chi connectivity index (χ3n) is 4.69. The van der Waals surface area contributed by atoms with Gasteiger partial charge in [0.15, 0.2) is 5.78 Å². The van der Waals surface area contributed by atoms with Gasteiger partial charge in [-0.15, -0.1) is 11.3 Å². The van der Waals surface area contributed by atoms with Crippen molar-refractivity contribution in [2.45, 2.75) is 32.7 Å². The van der Waals surface area contributed by atoms with Crippen molar-refractivity contribution in [3.63, 3.8) is 0 Å². The van der Waals surface area contributed by atoms with E-state index in [-0.39, 0.29) is 12.3 Å². The maximum Gasteiger partial charge on any atom is 0.325 e. The van der Waals surface area contributed by atoms with Crippen molar-refractivity contribution in [1.82, 2.24) is 10.2 Å². The number of hydrogen-bond donors (Lipinski definition) is 1. The number of benzene rings is 1. The summed E-state index contributed by atoms with van der Waals surface area (Å²) in [5.74, 6) is -1.19. The molecule has 26 heavy (non-hydrogen) atoms. The number of nitrogens with zero attached hydrogens (tertiary/aromatic N) is 1. The standard InChI is InChI=1S/C19H19FN2O3S/c1-4-19(13-5-7-14(20)8-6-13)17(24)22(18(25)21-19)10-16(23)15-9-11(2)26-12(15)3/h5-9H,4,10H2,1-3H3,(H,21,25)/t19-/m0/s1. The van der Waals surface area contributed by atoms with E-state index in [1.54, 1.807) is 13.0 Å². The van der Waals surface area contributed by atoms with Crippen molar-refractivity contribution in [3.8, 4) is 0 Å². The van der Waals surface area contributed by atoms with E-state index < -0.39 is 23.3 Å². The van der Waals surface area contributed by atoms with Crippen LogP contribution in [0.5, 0.6) is 0 Å². The van der Waals surface area contributed by atoms with Gasteiger partial charge in [0.05, 0.1) is 6.54 Å². The van der Waals surface area contributed by atoms with Crippen molar-refractivity contribution < 1.29 is 18.8 Å². The Morgan fingerprint density at radius 1 is 1.23 bits per heavy atom. The Kier molecular flexibility index (Phi) is 4.66. The quantitative estimate of drug-likeness (QED) is 0.643. The van der Waals surface area contributed by atoms with Crippen LogP contribution in [0.1, 0.15) is 39.0 Å². The molecule has 0 bridgehead atoms. The third-order valence-corrected chi connectivity index (χ3v) is 5.65. The molecular formula is C19H19FN2O3S. The van der Waals surface area contributed by atoms with Crippen molar-refractivity contribution in [2.75, 3.05) is 6.54 Å².